The second-order valence-corrected chi connectivity index (χ2v) is 8.56. The fourth-order valence-corrected chi connectivity index (χ4v) is 5.34. The summed E-state index contributed by atoms with van der Waals surface area (Å²) in [6.45, 7) is 2.27. The number of para-hydroxylation sites is 1. The van der Waals surface area contributed by atoms with Crippen LogP contribution in [0.5, 0.6) is 0 Å². The van der Waals surface area contributed by atoms with Crippen LogP contribution in [0.4, 0.5) is 0 Å². The highest BCUT2D eigenvalue weighted by atomic mass is 16.3. The third kappa shape index (κ3) is 2.06. The number of rotatable bonds is 1. The minimum atomic E-state index is -0.306. The molecule has 0 fully saturated rings. The molecule has 0 amide bonds. The molecule has 6 aromatic rings. The van der Waals surface area contributed by atoms with E-state index in [9.17, 15) is 4.79 Å². The first-order valence-corrected chi connectivity index (χ1v) is 10.7. The van der Waals surface area contributed by atoms with Gasteiger partial charge in [-0.15, -0.1) is 0 Å². The molecule has 0 bridgehead atoms. The van der Waals surface area contributed by atoms with Crippen molar-refractivity contribution in [3.63, 3.8) is 0 Å². The number of benzene rings is 4. The maximum atomic E-state index is 13.3. The van der Waals surface area contributed by atoms with Gasteiger partial charge in [-0.3, -0.25) is 4.79 Å². The smallest absolute Gasteiger partial charge is 0.310 e. The van der Waals surface area contributed by atoms with Crippen LogP contribution < -0.4 is 5.56 Å². The third-order valence-corrected chi connectivity index (χ3v) is 6.93. The average molecular weight is 414 g/mol. The fraction of sp³-hybridized carbons (Fsp3) is 0.0714. The quantitative estimate of drug-likeness (QED) is 0.335. The Bertz CT molecular complexity index is 1760. The lowest BCUT2D eigenvalue weighted by atomic mass is 9.74. The highest BCUT2D eigenvalue weighted by Gasteiger charge is 2.41. The molecule has 2 aromatic heterocycles. The first kappa shape index (κ1) is 17.5. The zero-order valence-electron chi connectivity index (χ0n) is 17.4. The number of nitrogens with zero attached hydrogens (tertiary/aromatic N) is 2. The van der Waals surface area contributed by atoms with E-state index in [4.69, 9.17) is 9.40 Å². The molecule has 0 spiro atoms. The van der Waals surface area contributed by atoms with Crippen LogP contribution in [0.2, 0.25) is 0 Å². The molecule has 1 aliphatic rings. The van der Waals surface area contributed by atoms with Gasteiger partial charge >= 0.3 is 5.84 Å². The number of hydrogen-bond donors (Lipinski definition) is 0. The normalized spacial score (nSPS) is 17.2. The van der Waals surface area contributed by atoms with Gasteiger partial charge in [-0.1, -0.05) is 66.7 Å². The van der Waals surface area contributed by atoms with Crippen molar-refractivity contribution in [2.24, 2.45) is 0 Å². The van der Waals surface area contributed by atoms with Crippen LogP contribution in [0.15, 0.2) is 100 Å². The summed E-state index contributed by atoms with van der Waals surface area (Å²) in [5.41, 5.74) is 7.67. The number of imidazole rings is 1. The predicted molar refractivity (Wildman–Crippen MR) is 126 cm³/mol. The van der Waals surface area contributed by atoms with E-state index in [1.165, 1.54) is 22.3 Å². The van der Waals surface area contributed by atoms with Crippen molar-refractivity contribution >= 4 is 27.8 Å². The van der Waals surface area contributed by atoms with Gasteiger partial charge < -0.3 is 4.42 Å². The molecule has 152 valence electrons. The van der Waals surface area contributed by atoms with Crippen LogP contribution in [0, 0.1) is 0 Å². The Kier molecular flexibility index (Phi) is 3.25. The van der Waals surface area contributed by atoms with Crippen LogP contribution >= 0.6 is 0 Å². The summed E-state index contributed by atoms with van der Waals surface area (Å²) < 4.78 is 7.60. The number of aromatic nitrogens is 2. The molecule has 4 aromatic carbocycles. The summed E-state index contributed by atoms with van der Waals surface area (Å²) in [6.07, 6.45) is 0. The Morgan fingerprint density at radius 3 is 2.44 bits per heavy atom. The molecule has 7 rings (SSSR count). The third-order valence-electron chi connectivity index (χ3n) is 6.93. The largest absolute Gasteiger partial charge is 0.424 e. The highest BCUT2D eigenvalue weighted by Crippen LogP contribution is 2.53. The first-order valence-electron chi connectivity index (χ1n) is 10.7. The molecular weight excluding hydrogens is 396 g/mol. The molecule has 1 atom stereocenters. The first-order chi connectivity index (χ1) is 15.7. The predicted octanol–water partition coefficient (Wildman–Crippen LogP) is 5.93. The Balaban J connectivity index is 1.63. The molecular formula is C28H18N2O2. The summed E-state index contributed by atoms with van der Waals surface area (Å²) >= 11 is 0. The molecule has 0 radical (unpaired) electrons. The monoisotopic (exact) mass is 414 g/mol. The van der Waals surface area contributed by atoms with E-state index >= 15 is 0 Å². The zero-order valence-corrected chi connectivity index (χ0v) is 17.4. The molecule has 4 heteroatoms. The standard InChI is InChI=1S/C28H18N2O2/c1-28(17-9-3-2-4-10-17)21-13-7-5-11-18(21)20-15-24-23(16-22(20)28)29-27-30(24)26(31)19-12-6-8-14-25(19)32-27/h2-16H,1H3. The minimum Gasteiger partial charge on any atom is -0.424 e. The van der Waals surface area contributed by atoms with E-state index in [1.54, 1.807) is 16.5 Å². The van der Waals surface area contributed by atoms with Crippen molar-refractivity contribution in [2.45, 2.75) is 12.3 Å². The van der Waals surface area contributed by atoms with Crippen LogP contribution in [-0.4, -0.2) is 9.38 Å². The molecule has 0 aliphatic heterocycles. The van der Waals surface area contributed by atoms with Crippen molar-refractivity contribution in [1.29, 1.82) is 0 Å². The van der Waals surface area contributed by atoms with E-state index in [0.717, 1.165) is 16.6 Å². The van der Waals surface area contributed by atoms with Gasteiger partial charge in [0, 0.05) is 5.41 Å². The van der Waals surface area contributed by atoms with Gasteiger partial charge in [0.2, 0.25) is 0 Å². The summed E-state index contributed by atoms with van der Waals surface area (Å²) in [6, 6.07) is 30.6. The fourth-order valence-electron chi connectivity index (χ4n) is 5.34. The van der Waals surface area contributed by atoms with Gasteiger partial charge in [0.15, 0.2) is 0 Å². The summed E-state index contributed by atoms with van der Waals surface area (Å²) in [4.78, 5) is 18.0. The van der Waals surface area contributed by atoms with Crippen molar-refractivity contribution in [3.8, 4) is 11.1 Å². The second kappa shape index (κ2) is 5.95. The van der Waals surface area contributed by atoms with Gasteiger partial charge in [0.1, 0.15) is 5.58 Å². The van der Waals surface area contributed by atoms with Gasteiger partial charge in [-0.25, -0.2) is 4.40 Å². The van der Waals surface area contributed by atoms with E-state index in [1.807, 2.05) is 18.2 Å². The van der Waals surface area contributed by atoms with Crippen LogP contribution in [0.25, 0.3) is 39.0 Å². The van der Waals surface area contributed by atoms with Crippen molar-refractivity contribution in [3.05, 3.63) is 118 Å². The van der Waals surface area contributed by atoms with Crippen molar-refractivity contribution < 1.29 is 4.42 Å². The van der Waals surface area contributed by atoms with Gasteiger partial charge in [-0.2, -0.15) is 4.98 Å². The topological polar surface area (TPSA) is 47.5 Å². The molecule has 2 heterocycles. The van der Waals surface area contributed by atoms with Crippen LogP contribution in [0.1, 0.15) is 23.6 Å². The average Bonchev–Trinajstić information content (AvgIpc) is 3.32. The molecule has 1 unspecified atom stereocenters. The van der Waals surface area contributed by atoms with E-state index in [2.05, 4.69) is 67.6 Å². The molecule has 1 aliphatic carbocycles. The van der Waals surface area contributed by atoms with Gasteiger partial charge in [-0.05, 0) is 59.0 Å². The van der Waals surface area contributed by atoms with E-state index < -0.39 is 0 Å². The van der Waals surface area contributed by atoms with Crippen LogP contribution in [0.3, 0.4) is 0 Å². The highest BCUT2D eigenvalue weighted by molar-refractivity contribution is 5.93. The lowest BCUT2D eigenvalue weighted by Gasteiger charge is -2.28. The zero-order chi connectivity index (χ0) is 21.4. The Morgan fingerprint density at radius 2 is 1.56 bits per heavy atom. The van der Waals surface area contributed by atoms with Gasteiger partial charge in [0.25, 0.3) is 5.56 Å². The maximum Gasteiger partial charge on any atom is 0.310 e. The van der Waals surface area contributed by atoms with Crippen molar-refractivity contribution in [2.75, 3.05) is 0 Å². The molecule has 0 saturated heterocycles. The molecule has 4 nitrogen and oxygen atoms in total. The number of hydrogen-bond acceptors (Lipinski definition) is 3. The maximum absolute atomic E-state index is 13.3. The Labute approximate surface area is 183 Å². The second-order valence-electron chi connectivity index (χ2n) is 8.56. The summed E-state index contributed by atoms with van der Waals surface area (Å²) in [7, 11) is 0. The SMILES string of the molecule is CC1(c2ccccc2)c2ccccc2-c2cc3c(cc21)nc1oc2ccccc2c(=O)n13. The summed E-state index contributed by atoms with van der Waals surface area (Å²) in [5, 5.41) is 0.550. The van der Waals surface area contributed by atoms with Crippen molar-refractivity contribution in [1.82, 2.24) is 9.38 Å². The molecule has 0 N–H and O–H groups in total. The lowest BCUT2D eigenvalue weighted by molar-refractivity contribution is 0.616. The Hall–Kier alpha value is -4.18. The molecule has 32 heavy (non-hydrogen) atoms. The lowest BCUT2D eigenvalue weighted by Crippen LogP contribution is -2.22. The minimum absolute atomic E-state index is 0.110. The van der Waals surface area contributed by atoms with Gasteiger partial charge in [0.05, 0.1) is 16.4 Å². The Morgan fingerprint density at radius 1 is 0.812 bits per heavy atom. The van der Waals surface area contributed by atoms with E-state index in [0.29, 0.717) is 16.8 Å². The molecule has 0 saturated carbocycles. The summed E-state index contributed by atoms with van der Waals surface area (Å²) in [5.74, 6) is 0.321. The van der Waals surface area contributed by atoms with Crippen LogP contribution in [-0.2, 0) is 5.41 Å². The number of fused-ring (bicyclic) bond motifs is 7. The van der Waals surface area contributed by atoms with E-state index in [-0.39, 0.29) is 11.0 Å².